The predicted molar refractivity (Wildman–Crippen MR) is 68.7 cm³/mol. The zero-order valence-corrected chi connectivity index (χ0v) is 10.9. The highest BCUT2D eigenvalue weighted by Gasteiger charge is 2.24. The lowest BCUT2D eigenvalue weighted by Gasteiger charge is -2.37. The van der Waals surface area contributed by atoms with Crippen LogP contribution in [0.4, 0.5) is 0 Å². The highest BCUT2D eigenvalue weighted by Crippen LogP contribution is 2.20. The topological polar surface area (TPSA) is 42.3 Å². The average molecular weight is 236 g/mol. The summed E-state index contributed by atoms with van der Waals surface area (Å²) in [5.74, 6) is 0.843. The van der Waals surface area contributed by atoms with E-state index in [0.29, 0.717) is 0 Å². The second kappa shape index (κ2) is 6.34. The molecule has 2 fully saturated rings. The van der Waals surface area contributed by atoms with E-state index < -0.39 is 0 Å². The Morgan fingerprint density at radius 2 is 1.88 bits per heavy atom. The molecule has 0 saturated carbocycles. The minimum Gasteiger partial charge on any atom is -0.314 e. The first-order valence-electron chi connectivity index (χ1n) is 6.86. The van der Waals surface area contributed by atoms with Gasteiger partial charge in [0.2, 0.25) is 0 Å². The van der Waals surface area contributed by atoms with Crippen LogP contribution in [0.3, 0.4) is 0 Å². The molecule has 0 bridgehead atoms. The largest absolute Gasteiger partial charge is 0.314 e. The van der Waals surface area contributed by atoms with Crippen LogP contribution in [0.5, 0.6) is 0 Å². The van der Waals surface area contributed by atoms with Gasteiger partial charge in [-0.2, -0.15) is 5.26 Å². The molecule has 4 heteroatoms. The Labute approximate surface area is 105 Å². The van der Waals surface area contributed by atoms with Crippen LogP contribution in [0.15, 0.2) is 0 Å². The first-order chi connectivity index (χ1) is 8.29. The summed E-state index contributed by atoms with van der Waals surface area (Å²) in [6.07, 6.45) is 2.52. The van der Waals surface area contributed by atoms with Gasteiger partial charge < -0.3 is 10.2 Å². The number of likely N-dealkylation sites (tertiary alicyclic amines) is 1. The predicted octanol–water partition coefficient (Wildman–Crippen LogP) is 0.516. The molecule has 2 heterocycles. The van der Waals surface area contributed by atoms with Gasteiger partial charge in [-0.15, -0.1) is 0 Å². The molecule has 4 nitrogen and oxygen atoms in total. The summed E-state index contributed by atoms with van der Waals surface area (Å²) in [4.78, 5) is 4.90. The number of piperazine rings is 1. The summed E-state index contributed by atoms with van der Waals surface area (Å²) in [6, 6.07) is 2.43. The molecule has 96 valence electrons. The Morgan fingerprint density at radius 1 is 1.24 bits per heavy atom. The summed E-state index contributed by atoms with van der Waals surface area (Å²) >= 11 is 0. The summed E-state index contributed by atoms with van der Waals surface area (Å²) in [5, 5.41) is 12.3. The number of rotatable bonds is 3. The number of nitrogens with one attached hydrogen (secondary N) is 1. The lowest BCUT2D eigenvalue weighted by atomic mass is 9.95. The molecule has 0 amide bonds. The Hall–Kier alpha value is -0.630. The zero-order chi connectivity index (χ0) is 12.1. The van der Waals surface area contributed by atoms with E-state index >= 15 is 0 Å². The van der Waals surface area contributed by atoms with Crippen LogP contribution in [-0.2, 0) is 0 Å². The highest BCUT2D eigenvalue weighted by atomic mass is 15.2. The summed E-state index contributed by atoms with van der Waals surface area (Å²) in [7, 11) is 0. The third kappa shape index (κ3) is 3.67. The number of nitrogens with zero attached hydrogens (tertiary/aromatic N) is 3. The van der Waals surface area contributed by atoms with Crippen molar-refractivity contribution in [3.63, 3.8) is 0 Å². The van der Waals surface area contributed by atoms with E-state index in [9.17, 15) is 0 Å². The van der Waals surface area contributed by atoms with Crippen molar-refractivity contribution in [3.05, 3.63) is 0 Å². The highest BCUT2D eigenvalue weighted by molar-refractivity contribution is 4.90. The molecule has 2 aliphatic heterocycles. The van der Waals surface area contributed by atoms with Crippen LogP contribution >= 0.6 is 0 Å². The van der Waals surface area contributed by atoms with Crippen molar-refractivity contribution < 1.29 is 0 Å². The van der Waals surface area contributed by atoms with Gasteiger partial charge in [0, 0.05) is 32.7 Å². The fourth-order valence-electron chi connectivity index (χ4n) is 2.86. The number of piperidine rings is 1. The van der Waals surface area contributed by atoms with Crippen molar-refractivity contribution in [2.24, 2.45) is 5.92 Å². The van der Waals surface area contributed by atoms with E-state index in [2.05, 4.69) is 21.2 Å². The summed E-state index contributed by atoms with van der Waals surface area (Å²) in [6.45, 7) is 10.2. The molecule has 2 aliphatic rings. The van der Waals surface area contributed by atoms with Crippen LogP contribution < -0.4 is 5.32 Å². The van der Waals surface area contributed by atoms with Gasteiger partial charge in [0.15, 0.2) is 0 Å². The molecule has 1 N–H and O–H groups in total. The van der Waals surface area contributed by atoms with Crippen molar-refractivity contribution in [3.8, 4) is 6.07 Å². The maximum atomic E-state index is 8.91. The molecular weight excluding hydrogens is 212 g/mol. The van der Waals surface area contributed by atoms with Gasteiger partial charge in [0.1, 0.15) is 0 Å². The molecule has 0 aromatic heterocycles. The van der Waals surface area contributed by atoms with Crippen LogP contribution in [0, 0.1) is 17.2 Å². The molecule has 1 unspecified atom stereocenters. The molecule has 0 aromatic rings. The standard InChI is InChI=1S/C13H24N4/c1-12(10-14)17-6-2-13(3-7-17)11-16-8-4-15-5-9-16/h12-13,15H,2-9,11H2,1H3. The minimum atomic E-state index is 0.0927. The quantitative estimate of drug-likeness (QED) is 0.775. The molecule has 0 aliphatic carbocycles. The third-order valence-corrected chi connectivity index (χ3v) is 4.11. The minimum absolute atomic E-state index is 0.0927. The van der Waals surface area contributed by atoms with Crippen LogP contribution in [-0.4, -0.2) is 61.7 Å². The van der Waals surface area contributed by atoms with Gasteiger partial charge in [-0.25, -0.2) is 0 Å². The Balaban J connectivity index is 1.70. The summed E-state index contributed by atoms with van der Waals surface area (Å²) in [5.41, 5.74) is 0. The molecule has 2 rings (SSSR count). The monoisotopic (exact) mass is 236 g/mol. The maximum Gasteiger partial charge on any atom is 0.0949 e. The Morgan fingerprint density at radius 3 is 2.47 bits per heavy atom. The maximum absolute atomic E-state index is 8.91. The molecular formula is C13H24N4. The van der Waals surface area contributed by atoms with Gasteiger partial charge in [0.05, 0.1) is 12.1 Å². The molecule has 1 atom stereocenters. The zero-order valence-electron chi connectivity index (χ0n) is 10.9. The van der Waals surface area contributed by atoms with Crippen molar-refractivity contribution >= 4 is 0 Å². The molecule has 0 radical (unpaired) electrons. The van der Waals surface area contributed by atoms with Gasteiger partial charge in [0.25, 0.3) is 0 Å². The molecule has 0 spiro atoms. The van der Waals surface area contributed by atoms with Crippen LogP contribution in [0.2, 0.25) is 0 Å². The van der Waals surface area contributed by atoms with Gasteiger partial charge in [-0.3, -0.25) is 4.90 Å². The molecule has 17 heavy (non-hydrogen) atoms. The van der Waals surface area contributed by atoms with Crippen molar-refractivity contribution in [2.45, 2.75) is 25.8 Å². The van der Waals surface area contributed by atoms with E-state index in [4.69, 9.17) is 5.26 Å². The van der Waals surface area contributed by atoms with Crippen molar-refractivity contribution in [2.75, 3.05) is 45.8 Å². The van der Waals surface area contributed by atoms with Crippen molar-refractivity contribution in [1.82, 2.24) is 15.1 Å². The van der Waals surface area contributed by atoms with Gasteiger partial charge >= 0.3 is 0 Å². The Bertz CT molecular complexity index is 259. The second-order valence-electron chi connectivity index (χ2n) is 5.34. The fourth-order valence-corrected chi connectivity index (χ4v) is 2.86. The van der Waals surface area contributed by atoms with E-state index in [1.54, 1.807) is 0 Å². The van der Waals surface area contributed by atoms with Crippen LogP contribution in [0.25, 0.3) is 0 Å². The SMILES string of the molecule is CC(C#N)N1CCC(CN2CCNCC2)CC1. The normalized spacial score (nSPS) is 26.6. The van der Waals surface area contributed by atoms with Gasteiger partial charge in [-0.05, 0) is 38.8 Å². The summed E-state index contributed by atoms with van der Waals surface area (Å²) < 4.78 is 0. The fraction of sp³-hybridized carbons (Fsp3) is 0.923. The first-order valence-corrected chi connectivity index (χ1v) is 6.86. The van der Waals surface area contributed by atoms with Crippen molar-refractivity contribution in [1.29, 1.82) is 5.26 Å². The number of hydrogen-bond acceptors (Lipinski definition) is 4. The first kappa shape index (κ1) is 12.8. The smallest absolute Gasteiger partial charge is 0.0949 e. The molecule has 0 aromatic carbocycles. The van der Waals surface area contributed by atoms with E-state index in [1.807, 2.05) is 6.92 Å². The van der Waals surface area contributed by atoms with E-state index in [-0.39, 0.29) is 6.04 Å². The number of hydrogen-bond donors (Lipinski definition) is 1. The van der Waals surface area contributed by atoms with Gasteiger partial charge in [-0.1, -0.05) is 0 Å². The number of nitriles is 1. The lowest BCUT2D eigenvalue weighted by Crippen LogP contribution is -2.47. The average Bonchev–Trinajstić information content (AvgIpc) is 2.40. The Kier molecular flexibility index (Phi) is 4.78. The second-order valence-corrected chi connectivity index (χ2v) is 5.34. The van der Waals surface area contributed by atoms with Crippen LogP contribution in [0.1, 0.15) is 19.8 Å². The lowest BCUT2D eigenvalue weighted by molar-refractivity contribution is 0.125. The van der Waals surface area contributed by atoms with E-state index in [0.717, 1.165) is 32.1 Å². The molecule has 2 saturated heterocycles. The third-order valence-electron chi connectivity index (χ3n) is 4.11. The van der Waals surface area contributed by atoms with E-state index in [1.165, 1.54) is 32.5 Å².